The molecule has 3 aromatic heterocycles. The van der Waals surface area contributed by atoms with E-state index in [4.69, 9.17) is 8.94 Å². The topological polar surface area (TPSA) is 97.3 Å². The Balaban J connectivity index is 1.42. The van der Waals surface area contributed by atoms with Crippen LogP contribution < -0.4 is 10.2 Å². The third-order valence-corrected chi connectivity index (χ3v) is 4.47. The second kappa shape index (κ2) is 7.61. The molecule has 0 aliphatic carbocycles. The number of carbonyl (C=O) groups excluding carboxylic acids is 1. The van der Waals surface area contributed by atoms with Gasteiger partial charge in [0.2, 0.25) is 11.7 Å². The van der Waals surface area contributed by atoms with Crippen molar-refractivity contribution < 1.29 is 13.7 Å². The molecule has 0 unspecified atom stereocenters. The monoisotopic (exact) mass is 367 g/mol. The number of hydrogen-bond donors (Lipinski definition) is 1. The predicted molar refractivity (Wildman–Crippen MR) is 98.2 cm³/mol. The highest BCUT2D eigenvalue weighted by molar-refractivity contribution is 5.92. The van der Waals surface area contributed by atoms with Crippen LogP contribution in [0.15, 0.2) is 39.5 Å². The highest BCUT2D eigenvalue weighted by Crippen LogP contribution is 2.20. The van der Waals surface area contributed by atoms with Gasteiger partial charge in [0.05, 0.1) is 18.5 Å². The largest absolute Gasteiger partial charge is 0.461 e. The lowest BCUT2D eigenvalue weighted by Gasteiger charge is -2.27. The zero-order chi connectivity index (χ0) is 18.6. The Hall–Kier alpha value is -3.16. The molecule has 8 nitrogen and oxygen atoms in total. The fraction of sp³-hybridized carbons (Fsp3) is 0.368. The average Bonchev–Trinajstić information content (AvgIpc) is 3.38. The van der Waals surface area contributed by atoms with Crippen molar-refractivity contribution in [3.05, 3.63) is 47.6 Å². The van der Waals surface area contributed by atoms with E-state index in [1.807, 2.05) is 13.0 Å². The van der Waals surface area contributed by atoms with Gasteiger partial charge in [-0.2, -0.15) is 0 Å². The van der Waals surface area contributed by atoms with Crippen LogP contribution in [0.25, 0.3) is 11.5 Å². The van der Waals surface area contributed by atoms with Crippen molar-refractivity contribution in [1.82, 2.24) is 20.4 Å². The maximum atomic E-state index is 12.4. The van der Waals surface area contributed by atoms with Crippen molar-refractivity contribution in [2.75, 3.05) is 18.0 Å². The summed E-state index contributed by atoms with van der Waals surface area (Å²) in [5.41, 5.74) is 1.85. The smallest absolute Gasteiger partial charge is 0.273 e. The minimum absolute atomic E-state index is 0.198. The molecule has 0 spiro atoms. The molecule has 1 saturated heterocycles. The van der Waals surface area contributed by atoms with E-state index in [9.17, 15) is 4.79 Å². The first-order valence-electron chi connectivity index (χ1n) is 9.07. The van der Waals surface area contributed by atoms with Gasteiger partial charge in [0.25, 0.3) is 5.91 Å². The Kier molecular flexibility index (Phi) is 4.86. The number of amides is 1. The Labute approximate surface area is 156 Å². The van der Waals surface area contributed by atoms with Gasteiger partial charge in [-0.3, -0.25) is 4.79 Å². The van der Waals surface area contributed by atoms with Crippen molar-refractivity contribution in [3.8, 4) is 11.5 Å². The van der Waals surface area contributed by atoms with Gasteiger partial charge in [-0.25, -0.2) is 9.97 Å². The molecule has 140 valence electrons. The Morgan fingerprint density at radius 2 is 2.04 bits per heavy atom. The molecule has 1 fully saturated rings. The molecule has 4 heterocycles. The van der Waals surface area contributed by atoms with Crippen LogP contribution in [0.1, 0.15) is 41.1 Å². The third-order valence-electron chi connectivity index (χ3n) is 4.47. The van der Waals surface area contributed by atoms with Crippen LogP contribution in [0.3, 0.4) is 0 Å². The molecular weight excluding hydrogens is 346 g/mol. The van der Waals surface area contributed by atoms with E-state index in [2.05, 4.69) is 25.3 Å². The molecule has 0 bridgehead atoms. The molecule has 1 amide bonds. The zero-order valence-electron chi connectivity index (χ0n) is 15.1. The summed E-state index contributed by atoms with van der Waals surface area (Å²) in [5.74, 6) is 1.35. The predicted octanol–water partition coefficient (Wildman–Crippen LogP) is 2.95. The highest BCUT2D eigenvalue weighted by atomic mass is 16.5. The summed E-state index contributed by atoms with van der Waals surface area (Å²) in [4.78, 5) is 23.7. The first-order chi connectivity index (χ1) is 13.2. The van der Waals surface area contributed by atoms with Gasteiger partial charge in [0, 0.05) is 24.8 Å². The molecule has 27 heavy (non-hydrogen) atoms. The average molecular weight is 367 g/mol. The maximum absolute atomic E-state index is 12.4. The summed E-state index contributed by atoms with van der Waals surface area (Å²) in [6.07, 6.45) is 5.11. The van der Waals surface area contributed by atoms with Gasteiger partial charge in [-0.05, 0) is 44.4 Å². The number of furan rings is 1. The fourth-order valence-electron chi connectivity index (χ4n) is 3.12. The number of carbonyl (C=O) groups is 1. The van der Waals surface area contributed by atoms with Crippen LogP contribution in [-0.2, 0) is 6.54 Å². The van der Waals surface area contributed by atoms with E-state index >= 15 is 0 Å². The summed E-state index contributed by atoms with van der Waals surface area (Å²) in [5, 5.41) is 6.64. The van der Waals surface area contributed by atoms with Gasteiger partial charge >= 0.3 is 0 Å². The Bertz CT molecular complexity index is 913. The lowest BCUT2D eigenvalue weighted by atomic mass is 10.1. The van der Waals surface area contributed by atoms with Gasteiger partial charge in [-0.15, -0.1) is 0 Å². The van der Waals surface area contributed by atoms with E-state index in [1.165, 1.54) is 12.7 Å². The molecule has 0 aromatic carbocycles. The van der Waals surface area contributed by atoms with Crippen LogP contribution in [0.2, 0.25) is 0 Å². The molecule has 0 atom stereocenters. The van der Waals surface area contributed by atoms with E-state index in [1.54, 1.807) is 18.2 Å². The first-order valence-corrected chi connectivity index (χ1v) is 9.07. The number of nitrogens with zero attached hydrogens (tertiary/aromatic N) is 4. The Morgan fingerprint density at radius 3 is 2.81 bits per heavy atom. The number of aromatic nitrogens is 3. The number of aryl methyl sites for hydroxylation is 1. The van der Waals surface area contributed by atoms with E-state index < -0.39 is 0 Å². The maximum Gasteiger partial charge on any atom is 0.273 e. The second-order valence-electron chi connectivity index (χ2n) is 6.58. The quantitative estimate of drug-likeness (QED) is 0.740. The van der Waals surface area contributed by atoms with Crippen molar-refractivity contribution in [3.63, 3.8) is 0 Å². The van der Waals surface area contributed by atoms with Crippen LogP contribution in [-0.4, -0.2) is 34.1 Å². The van der Waals surface area contributed by atoms with Crippen molar-refractivity contribution in [2.45, 2.75) is 32.7 Å². The SMILES string of the molecule is Cc1cc(CNC(=O)c2cc(-c3ccco3)on2)nc(N2CCCCC2)n1. The highest BCUT2D eigenvalue weighted by Gasteiger charge is 2.17. The van der Waals surface area contributed by atoms with Crippen molar-refractivity contribution in [2.24, 2.45) is 0 Å². The summed E-state index contributed by atoms with van der Waals surface area (Å²) >= 11 is 0. The van der Waals surface area contributed by atoms with E-state index in [0.29, 0.717) is 18.1 Å². The van der Waals surface area contributed by atoms with Crippen molar-refractivity contribution in [1.29, 1.82) is 0 Å². The van der Waals surface area contributed by atoms with Crippen LogP contribution in [0, 0.1) is 6.92 Å². The zero-order valence-corrected chi connectivity index (χ0v) is 15.1. The molecule has 4 rings (SSSR count). The van der Waals surface area contributed by atoms with Crippen LogP contribution in [0.5, 0.6) is 0 Å². The Morgan fingerprint density at radius 1 is 1.19 bits per heavy atom. The molecule has 1 aliphatic heterocycles. The number of rotatable bonds is 5. The van der Waals surface area contributed by atoms with Gasteiger partial charge in [-0.1, -0.05) is 5.16 Å². The molecule has 0 saturated carbocycles. The molecule has 3 aromatic rings. The lowest BCUT2D eigenvalue weighted by Crippen LogP contribution is -2.32. The van der Waals surface area contributed by atoms with Gasteiger partial charge in [0.15, 0.2) is 11.5 Å². The van der Waals surface area contributed by atoms with E-state index in [-0.39, 0.29) is 11.6 Å². The molecule has 1 N–H and O–H groups in total. The molecule has 0 radical (unpaired) electrons. The standard InChI is InChI=1S/C19H21N5O3/c1-13-10-14(22-19(21-13)24-7-3-2-4-8-24)12-20-18(25)15-11-17(27-23-15)16-6-5-9-26-16/h5-6,9-11H,2-4,7-8,12H2,1H3,(H,20,25). The summed E-state index contributed by atoms with van der Waals surface area (Å²) in [6, 6.07) is 6.92. The minimum Gasteiger partial charge on any atom is -0.461 e. The summed E-state index contributed by atoms with van der Waals surface area (Å²) in [7, 11) is 0. The number of anilines is 1. The molecular formula is C19H21N5O3. The number of hydrogen-bond acceptors (Lipinski definition) is 7. The summed E-state index contributed by atoms with van der Waals surface area (Å²) in [6.45, 7) is 4.19. The lowest BCUT2D eigenvalue weighted by molar-refractivity contribution is 0.0941. The normalized spacial score (nSPS) is 14.3. The van der Waals surface area contributed by atoms with E-state index in [0.717, 1.165) is 43.3 Å². The van der Waals surface area contributed by atoms with Crippen molar-refractivity contribution >= 4 is 11.9 Å². The minimum atomic E-state index is -0.327. The van der Waals surface area contributed by atoms with Crippen LogP contribution in [0.4, 0.5) is 5.95 Å². The van der Waals surface area contributed by atoms with Gasteiger partial charge in [0.1, 0.15) is 0 Å². The number of nitrogens with one attached hydrogen (secondary N) is 1. The first kappa shape index (κ1) is 17.3. The third kappa shape index (κ3) is 3.99. The van der Waals surface area contributed by atoms with Crippen LogP contribution >= 0.6 is 0 Å². The van der Waals surface area contributed by atoms with Gasteiger partial charge < -0.3 is 19.2 Å². The summed E-state index contributed by atoms with van der Waals surface area (Å²) < 4.78 is 10.4. The second-order valence-corrected chi connectivity index (χ2v) is 6.58. The molecule has 8 heteroatoms. The number of piperidine rings is 1. The fourth-order valence-corrected chi connectivity index (χ4v) is 3.12. The molecule has 1 aliphatic rings.